The number of nitrogens with two attached hydrogens (primary N) is 1. The second kappa shape index (κ2) is 6.37. The molecule has 1 aromatic rings. The number of ether oxygens (including phenoxy) is 1. The second-order valence-electron chi connectivity index (χ2n) is 6.98. The molecule has 3 unspecified atom stereocenters. The molecule has 0 saturated heterocycles. The number of hydrogen-bond acceptors (Lipinski definition) is 3. The molecular weight excluding hydrogens is 260 g/mol. The van der Waals surface area contributed by atoms with E-state index < -0.39 is 0 Å². The van der Waals surface area contributed by atoms with Crippen LogP contribution < -0.4 is 10.5 Å². The van der Waals surface area contributed by atoms with E-state index in [4.69, 9.17) is 10.5 Å². The molecule has 2 aliphatic carbocycles. The van der Waals surface area contributed by atoms with Gasteiger partial charge in [0, 0.05) is 25.2 Å². The van der Waals surface area contributed by atoms with Gasteiger partial charge in [0.25, 0.3) is 0 Å². The summed E-state index contributed by atoms with van der Waals surface area (Å²) in [6, 6.07) is 6.29. The standard InChI is InChI=1S/C18H28N2O/c1-20(11-16-8-13-3-5-15(16)7-13)12-17-9-14(10-19)4-6-18(17)21-2/h4,6,9,13,15-16H,3,5,7-8,10-12,19H2,1-2H3. The Balaban J connectivity index is 1.62. The van der Waals surface area contributed by atoms with Crippen molar-refractivity contribution < 1.29 is 4.74 Å². The number of fused-ring (bicyclic) bond motifs is 2. The van der Waals surface area contributed by atoms with Crippen molar-refractivity contribution in [2.75, 3.05) is 20.7 Å². The molecule has 0 heterocycles. The van der Waals surface area contributed by atoms with Crippen LogP contribution in [0.2, 0.25) is 0 Å². The fourth-order valence-electron chi connectivity index (χ4n) is 4.44. The third kappa shape index (κ3) is 3.24. The number of benzene rings is 1. The maximum absolute atomic E-state index is 5.76. The Bertz CT molecular complexity index is 488. The van der Waals surface area contributed by atoms with Crippen LogP contribution in [-0.4, -0.2) is 25.6 Å². The average Bonchev–Trinajstić information content (AvgIpc) is 3.09. The minimum absolute atomic E-state index is 0.590. The van der Waals surface area contributed by atoms with Crippen molar-refractivity contribution in [2.24, 2.45) is 23.5 Å². The van der Waals surface area contributed by atoms with Crippen LogP contribution in [0.15, 0.2) is 18.2 Å². The molecule has 116 valence electrons. The van der Waals surface area contributed by atoms with Gasteiger partial charge in [0.05, 0.1) is 7.11 Å². The fraction of sp³-hybridized carbons (Fsp3) is 0.667. The highest BCUT2D eigenvalue weighted by molar-refractivity contribution is 5.37. The second-order valence-corrected chi connectivity index (χ2v) is 6.98. The van der Waals surface area contributed by atoms with Gasteiger partial charge in [-0.2, -0.15) is 0 Å². The van der Waals surface area contributed by atoms with Crippen LogP contribution in [0.25, 0.3) is 0 Å². The summed E-state index contributed by atoms with van der Waals surface area (Å²) in [7, 11) is 3.98. The lowest BCUT2D eigenvalue weighted by molar-refractivity contribution is 0.213. The van der Waals surface area contributed by atoms with E-state index in [1.54, 1.807) is 7.11 Å². The van der Waals surface area contributed by atoms with Gasteiger partial charge in [0.2, 0.25) is 0 Å². The summed E-state index contributed by atoms with van der Waals surface area (Å²) in [6.07, 6.45) is 5.89. The van der Waals surface area contributed by atoms with E-state index in [9.17, 15) is 0 Å². The zero-order chi connectivity index (χ0) is 14.8. The van der Waals surface area contributed by atoms with Gasteiger partial charge < -0.3 is 15.4 Å². The van der Waals surface area contributed by atoms with Crippen molar-refractivity contribution in [1.82, 2.24) is 4.90 Å². The van der Waals surface area contributed by atoms with Gasteiger partial charge in [0.15, 0.2) is 0 Å². The first-order valence-corrected chi connectivity index (χ1v) is 8.24. The Labute approximate surface area is 128 Å². The van der Waals surface area contributed by atoms with Crippen molar-refractivity contribution in [2.45, 2.75) is 38.8 Å². The van der Waals surface area contributed by atoms with Crippen LogP contribution in [0.3, 0.4) is 0 Å². The third-order valence-electron chi connectivity index (χ3n) is 5.45. The molecule has 3 heteroatoms. The SMILES string of the molecule is COc1ccc(CN)cc1CN(C)CC1CC2CCC1C2. The molecule has 0 aromatic heterocycles. The van der Waals surface area contributed by atoms with Gasteiger partial charge in [-0.15, -0.1) is 0 Å². The zero-order valence-electron chi connectivity index (χ0n) is 13.3. The van der Waals surface area contributed by atoms with Gasteiger partial charge in [-0.05, 0) is 61.8 Å². The van der Waals surface area contributed by atoms with E-state index in [1.165, 1.54) is 43.4 Å². The molecule has 2 N–H and O–H groups in total. The van der Waals surface area contributed by atoms with Crippen LogP contribution in [0.4, 0.5) is 0 Å². The molecule has 21 heavy (non-hydrogen) atoms. The highest BCUT2D eigenvalue weighted by Gasteiger charge is 2.39. The summed E-state index contributed by atoms with van der Waals surface area (Å²) in [6.45, 7) is 2.76. The van der Waals surface area contributed by atoms with Crippen LogP contribution in [0.1, 0.15) is 36.8 Å². The van der Waals surface area contributed by atoms with Crippen LogP contribution in [-0.2, 0) is 13.1 Å². The van der Waals surface area contributed by atoms with E-state index in [0.29, 0.717) is 6.54 Å². The maximum Gasteiger partial charge on any atom is 0.123 e. The molecule has 3 rings (SSSR count). The normalized spacial score (nSPS) is 27.5. The number of hydrogen-bond donors (Lipinski definition) is 1. The molecule has 1 aromatic carbocycles. The molecule has 2 fully saturated rings. The van der Waals surface area contributed by atoms with Gasteiger partial charge >= 0.3 is 0 Å². The summed E-state index contributed by atoms with van der Waals surface area (Å²) >= 11 is 0. The van der Waals surface area contributed by atoms with Crippen molar-refractivity contribution in [3.63, 3.8) is 0 Å². The van der Waals surface area contributed by atoms with Crippen molar-refractivity contribution >= 4 is 0 Å². The summed E-state index contributed by atoms with van der Waals surface area (Å²) in [4.78, 5) is 2.46. The summed E-state index contributed by atoms with van der Waals surface area (Å²) in [5.74, 6) is 3.92. The Hall–Kier alpha value is -1.06. The summed E-state index contributed by atoms with van der Waals surface area (Å²) in [5.41, 5.74) is 8.20. The smallest absolute Gasteiger partial charge is 0.123 e. The summed E-state index contributed by atoms with van der Waals surface area (Å²) < 4.78 is 5.50. The number of rotatable bonds is 6. The minimum Gasteiger partial charge on any atom is -0.496 e. The van der Waals surface area contributed by atoms with Gasteiger partial charge in [-0.3, -0.25) is 0 Å². The van der Waals surface area contributed by atoms with Gasteiger partial charge in [-0.1, -0.05) is 12.5 Å². The monoisotopic (exact) mass is 288 g/mol. The fourth-order valence-corrected chi connectivity index (χ4v) is 4.44. The molecule has 2 bridgehead atoms. The highest BCUT2D eigenvalue weighted by atomic mass is 16.5. The number of methoxy groups -OCH3 is 1. The summed E-state index contributed by atoms with van der Waals surface area (Å²) in [5, 5.41) is 0. The third-order valence-corrected chi connectivity index (χ3v) is 5.45. The highest BCUT2D eigenvalue weighted by Crippen LogP contribution is 2.48. The Morgan fingerprint density at radius 2 is 2.14 bits per heavy atom. The van der Waals surface area contributed by atoms with Gasteiger partial charge in [0.1, 0.15) is 5.75 Å². The van der Waals surface area contributed by atoms with Crippen molar-refractivity contribution in [3.05, 3.63) is 29.3 Å². The van der Waals surface area contributed by atoms with Crippen LogP contribution in [0, 0.1) is 17.8 Å². The largest absolute Gasteiger partial charge is 0.496 e. The molecule has 2 saturated carbocycles. The lowest BCUT2D eigenvalue weighted by atomic mass is 9.88. The average molecular weight is 288 g/mol. The van der Waals surface area contributed by atoms with E-state index in [0.717, 1.165) is 30.0 Å². The maximum atomic E-state index is 5.76. The van der Waals surface area contributed by atoms with Crippen LogP contribution >= 0.6 is 0 Å². The molecule has 3 atom stereocenters. The number of nitrogens with zero attached hydrogens (tertiary/aromatic N) is 1. The molecule has 0 radical (unpaired) electrons. The first-order chi connectivity index (χ1) is 10.2. The quantitative estimate of drug-likeness (QED) is 0.874. The Kier molecular flexibility index (Phi) is 4.51. The Morgan fingerprint density at radius 1 is 1.29 bits per heavy atom. The first kappa shape index (κ1) is 14.9. The molecule has 0 aliphatic heterocycles. The lowest BCUT2D eigenvalue weighted by Gasteiger charge is -2.27. The predicted octanol–water partition coefficient (Wildman–Crippen LogP) is 3.02. The van der Waals surface area contributed by atoms with E-state index in [1.807, 2.05) is 6.07 Å². The van der Waals surface area contributed by atoms with Gasteiger partial charge in [-0.25, -0.2) is 0 Å². The minimum atomic E-state index is 0.590. The molecule has 0 amide bonds. The Morgan fingerprint density at radius 3 is 2.76 bits per heavy atom. The molecule has 2 aliphatic rings. The van der Waals surface area contributed by atoms with E-state index in [-0.39, 0.29) is 0 Å². The van der Waals surface area contributed by atoms with E-state index >= 15 is 0 Å². The molecule has 3 nitrogen and oxygen atoms in total. The first-order valence-electron chi connectivity index (χ1n) is 8.24. The topological polar surface area (TPSA) is 38.5 Å². The molecular formula is C18H28N2O. The zero-order valence-corrected chi connectivity index (χ0v) is 13.3. The van der Waals surface area contributed by atoms with Crippen molar-refractivity contribution in [1.29, 1.82) is 0 Å². The van der Waals surface area contributed by atoms with Crippen LogP contribution in [0.5, 0.6) is 5.75 Å². The van der Waals surface area contributed by atoms with Crippen molar-refractivity contribution in [3.8, 4) is 5.75 Å². The van der Waals surface area contributed by atoms with E-state index in [2.05, 4.69) is 24.1 Å². The lowest BCUT2D eigenvalue weighted by Crippen LogP contribution is -2.28. The predicted molar refractivity (Wildman–Crippen MR) is 86.2 cm³/mol. The molecule has 0 spiro atoms.